The highest BCUT2D eigenvalue weighted by Crippen LogP contribution is 2.29. The highest BCUT2D eigenvalue weighted by atomic mass is 16.2. The Labute approximate surface area is 136 Å². The van der Waals surface area contributed by atoms with Gasteiger partial charge in [0, 0.05) is 19.0 Å². The van der Waals surface area contributed by atoms with Gasteiger partial charge < -0.3 is 10.2 Å². The number of amides is 1. The number of aromatic amines is 1. The Morgan fingerprint density at radius 3 is 2.91 bits per heavy atom. The molecule has 0 aromatic carbocycles. The van der Waals surface area contributed by atoms with E-state index >= 15 is 0 Å². The zero-order chi connectivity index (χ0) is 16.6. The van der Waals surface area contributed by atoms with Crippen LogP contribution in [-0.2, 0) is 18.3 Å². The minimum absolute atomic E-state index is 0.0660. The van der Waals surface area contributed by atoms with Gasteiger partial charge in [-0.1, -0.05) is 13.3 Å². The van der Waals surface area contributed by atoms with Gasteiger partial charge in [0.05, 0.1) is 11.1 Å². The Balaban J connectivity index is 1.78. The van der Waals surface area contributed by atoms with Crippen LogP contribution in [0.5, 0.6) is 0 Å². The number of hydrogen-bond acceptors (Lipinski definition) is 4. The topological polar surface area (TPSA) is 78.8 Å². The molecule has 1 amide bonds. The first-order chi connectivity index (χ1) is 11.0. The first-order valence-electron chi connectivity index (χ1n) is 8.38. The molecule has 1 aliphatic rings. The number of nitrogens with zero attached hydrogens (tertiary/aromatic N) is 4. The third-order valence-electron chi connectivity index (χ3n) is 4.94. The van der Waals surface area contributed by atoms with Crippen molar-refractivity contribution in [3.05, 3.63) is 5.69 Å². The lowest BCUT2D eigenvalue weighted by atomic mass is 9.84. The number of fused-ring (bicyclic) bond motifs is 1. The second-order valence-electron chi connectivity index (χ2n) is 6.69. The van der Waals surface area contributed by atoms with Gasteiger partial charge in [0.2, 0.25) is 5.91 Å². The highest BCUT2D eigenvalue weighted by molar-refractivity contribution is 6.00. The normalized spacial score (nSPS) is 22.0. The number of rotatable bonds is 4. The van der Waals surface area contributed by atoms with Crippen LogP contribution in [0.1, 0.15) is 38.3 Å². The van der Waals surface area contributed by atoms with Crippen LogP contribution >= 0.6 is 0 Å². The van der Waals surface area contributed by atoms with Gasteiger partial charge in [-0.2, -0.15) is 10.2 Å². The van der Waals surface area contributed by atoms with Crippen molar-refractivity contribution in [2.45, 2.75) is 45.1 Å². The number of hydrogen-bond donors (Lipinski definition) is 2. The summed E-state index contributed by atoms with van der Waals surface area (Å²) in [6, 6.07) is 0.492. The molecule has 7 heteroatoms. The van der Waals surface area contributed by atoms with Crippen molar-refractivity contribution in [2.75, 3.05) is 19.4 Å². The van der Waals surface area contributed by atoms with E-state index in [0.29, 0.717) is 11.9 Å². The summed E-state index contributed by atoms with van der Waals surface area (Å²) in [6.45, 7) is 2.06. The van der Waals surface area contributed by atoms with E-state index in [1.807, 2.05) is 7.05 Å². The molecule has 2 N–H and O–H groups in total. The zero-order valence-electron chi connectivity index (χ0n) is 14.4. The summed E-state index contributed by atoms with van der Waals surface area (Å²) in [4.78, 5) is 14.9. The van der Waals surface area contributed by atoms with Crippen molar-refractivity contribution < 1.29 is 4.79 Å². The number of aromatic nitrogens is 4. The van der Waals surface area contributed by atoms with Gasteiger partial charge in [0.15, 0.2) is 5.65 Å². The van der Waals surface area contributed by atoms with Crippen LogP contribution in [0.2, 0.25) is 0 Å². The van der Waals surface area contributed by atoms with Gasteiger partial charge in [0.1, 0.15) is 5.82 Å². The molecule has 2 aromatic heterocycles. The Morgan fingerprint density at radius 2 is 2.22 bits per heavy atom. The molecule has 23 heavy (non-hydrogen) atoms. The van der Waals surface area contributed by atoms with E-state index in [2.05, 4.69) is 46.5 Å². The van der Waals surface area contributed by atoms with E-state index in [9.17, 15) is 4.79 Å². The lowest BCUT2D eigenvalue weighted by molar-refractivity contribution is -0.121. The minimum Gasteiger partial charge on any atom is -0.310 e. The molecule has 0 radical (unpaired) electrons. The molecule has 1 aliphatic carbocycles. The summed E-state index contributed by atoms with van der Waals surface area (Å²) in [5.74, 6) is 0.839. The number of anilines is 1. The van der Waals surface area contributed by atoms with Crippen LogP contribution < -0.4 is 5.32 Å². The van der Waals surface area contributed by atoms with E-state index in [1.54, 1.807) is 4.68 Å². The zero-order valence-corrected chi connectivity index (χ0v) is 14.4. The summed E-state index contributed by atoms with van der Waals surface area (Å²) >= 11 is 0. The smallest absolute Gasteiger partial charge is 0.228 e. The molecule has 0 unspecified atom stereocenters. The molecule has 1 fully saturated rings. The number of aryl methyl sites for hydroxylation is 2. The molecule has 0 saturated heterocycles. The third kappa shape index (κ3) is 2.97. The van der Waals surface area contributed by atoms with Crippen LogP contribution in [0.15, 0.2) is 0 Å². The Hall–Kier alpha value is -1.89. The van der Waals surface area contributed by atoms with Gasteiger partial charge in [-0.3, -0.25) is 9.89 Å². The second kappa shape index (κ2) is 6.31. The molecule has 1 saturated carbocycles. The first kappa shape index (κ1) is 16.0. The average molecular weight is 318 g/mol. The number of carbonyl (C=O) groups excluding carboxylic acids is 1. The van der Waals surface area contributed by atoms with E-state index in [1.165, 1.54) is 6.42 Å². The molecule has 3 rings (SSSR count). The number of H-pyrrole nitrogens is 1. The average Bonchev–Trinajstić information content (AvgIpc) is 3.09. The van der Waals surface area contributed by atoms with Gasteiger partial charge >= 0.3 is 0 Å². The molecular formula is C16H26N6O. The third-order valence-corrected chi connectivity index (χ3v) is 4.94. The molecule has 2 aromatic rings. The SMILES string of the molecule is CCc1nn(C)c2n[nH]c(NC(=O)[C@@H]3CCC[C@H](N(C)C)C3)c12. The minimum atomic E-state index is 0.0660. The molecule has 0 spiro atoms. The van der Waals surface area contributed by atoms with Crippen LogP contribution in [0.4, 0.5) is 5.82 Å². The standard InChI is InChI=1S/C16H26N6O/c1-5-12-13-14(18-19-15(13)22(4)20-12)17-16(23)10-7-6-8-11(9-10)21(2)3/h10-11H,5-9H2,1-4H3,(H2,17,18,19,23)/t10-,11+/m1/s1. The maximum Gasteiger partial charge on any atom is 0.228 e. The summed E-state index contributed by atoms with van der Waals surface area (Å²) in [7, 11) is 6.05. The van der Waals surface area contributed by atoms with Crippen molar-refractivity contribution in [3.63, 3.8) is 0 Å². The van der Waals surface area contributed by atoms with Crippen molar-refractivity contribution in [1.82, 2.24) is 24.9 Å². The van der Waals surface area contributed by atoms with Crippen LogP contribution in [0.25, 0.3) is 11.0 Å². The monoisotopic (exact) mass is 318 g/mol. The van der Waals surface area contributed by atoms with Gasteiger partial charge in [-0.25, -0.2) is 4.68 Å². The van der Waals surface area contributed by atoms with E-state index in [4.69, 9.17) is 0 Å². The molecule has 7 nitrogen and oxygen atoms in total. The van der Waals surface area contributed by atoms with Crippen molar-refractivity contribution in [1.29, 1.82) is 0 Å². The van der Waals surface area contributed by atoms with Crippen LogP contribution in [0, 0.1) is 5.92 Å². The van der Waals surface area contributed by atoms with Crippen molar-refractivity contribution >= 4 is 22.8 Å². The molecule has 2 atom stereocenters. The summed E-state index contributed by atoms with van der Waals surface area (Å²) in [5, 5.41) is 15.7. The second-order valence-corrected chi connectivity index (χ2v) is 6.69. The maximum absolute atomic E-state index is 12.7. The predicted octanol–water partition coefficient (Wildman–Crippen LogP) is 1.92. The quantitative estimate of drug-likeness (QED) is 0.902. The Bertz CT molecular complexity index is 701. The first-order valence-corrected chi connectivity index (χ1v) is 8.38. The Morgan fingerprint density at radius 1 is 1.43 bits per heavy atom. The molecule has 0 bridgehead atoms. The molecule has 2 heterocycles. The fourth-order valence-corrected chi connectivity index (χ4v) is 3.55. The fourth-order valence-electron chi connectivity index (χ4n) is 3.55. The largest absolute Gasteiger partial charge is 0.310 e. The lowest BCUT2D eigenvalue weighted by Gasteiger charge is -2.32. The summed E-state index contributed by atoms with van der Waals surface area (Å²) < 4.78 is 1.75. The van der Waals surface area contributed by atoms with Crippen molar-refractivity contribution in [3.8, 4) is 0 Å². The molecular weight excluding hydrogens is 292 g/mol. The summed E-state index contributed by atoms with van der Waals surface area (Å²) in [5.41, 5.74) is 1.74. The van der Waals surface area contributed by atoms with Crippen molar-refractivity contribution in [2.24, 2.45) is 13.0 Å². The predicted molar refractivity (Wildman–Crippen MR) is 90.3 cm³/mol. The number of nitrogens with one attached hydrogen (secondary N) is 2. The molecule has 0 aliphatic heterocycles. The van der Waals surface area contributed by atoms with Gasteiger partial charge in [0.25, 0.3) is 0 Å². The van der Waals surface area contributed by atoms with E-state index < -0.39 is 0 Å². The van der Waals surface area contributed by atoms with E-state index in [-0.39, 0.29) is 11.8 Å². The van der Waals surface area contributed by atoms with Crippen LogP contribution in [-0.4, -0.2) is 50.9 Å². The lowest BCUT2D eigenvalue weighted by Crippen LogP contribution is -2.37. The van der Waals surface area contributed by atoms with Crippen LogP contribution in [0.3, 0.4) is 0 Å². The molecule has 126 valence electrons. The van der Waals surface area contributed by atoms with E-state index in [0.717, 1.165) is 42.4 Å². The van der Waals surface area contributed by atoms with Gasteiger partial charge in [-0.05, 0) is 39.8 Å². The Kier molecular flexibility index (Phi) is 4.39. The van der Waals surface area contributed by atoms with Gasteiger partial charge in [-0.15, -0.1) is 0 Å². The maximum atomic E-state index is 12.7. The summed E-state index contributed by atoms with van der Waals surface area (Å²) in [6.07, 6.45) is 4.97. The highest BCUT2D eigenvalue weighted by Gasteiger charge is 2.29. The fraction of sp³-hybridized carbons (Fsp3) is 0.688. The number of carbonyl (C=O) groups is 1.